The van der Waals surface area contributed by atoms with Crippen molar-refractivity contribution in [3.05, 3.63) is 59.9 Å². The lowest BCUT2D eigenvalue weighted by atomic mass is 10.0. The van der Waals surface area contributed by atoms with Crippen molar-refractivity contribution in [3.63, 3.8) is 0 Å². The number of benzene rings is 1. The molecule has 0 unspecified atom stereocenters. The number of fused-ring (bicyclic) bond motifs is 3. The zero-order chi connectivity index (χ0) is 16.0. The number of furan rings is 1. The summed E-state index contributed by atoms with van der Waals surface area (Å²) in [6, 6.07) is 12.5. The van der Waals surface area contributed by atoms with E-state index < -0.39 is 0 Å². The number of aromatic nitrogens is 2. The van der Waals surface area contributed by atoms with Gasteiger partial charge in [0, 0.05) is 23.2 Å². The van der Waals surface area contributed by atoms with Crippen molar-refractivity contribution in [2.24, 2.45) is 7.05 Å². The molecule has 0 aliphatic heterocycles. The summed E-state index contributed by atoms with van der Waals surface area (Å²) in [5, 5.41) is 1.07. The second-order valence-electron chi connectivity index (χ2n) is 5.97. The van der Waals surface area contributed by atoms with Crippen LogP contribution in [0.2, 0.25) is 0 Å². The Morgan fingerprint density at radius 2 is 2.00 bits per heavy atom. The Morgan fingerprint density at radius 3 is 2.78 bits per heavy atom. The zero-order valence-electron chi connectivity index (χ0n) is 13.6. The van der Waals surface area contributed by atoms with Gasteiger partial charge in [0.1, 0.15) is 12.6 Å². The Balaban J connectivity index is 2.08. The summed E-state index contributed by atoms with van der Waals surface area (Å²) >= 11 is 0. The maximum Gasteiger partial charge on any atom is 0.216 e. The van der Waals surface area contributed by atoms with Gasteiger partial charge in [-0.05, 0) is 43.2 Å². The van der Waals surface area contributed by atoms with E-state index in [9.17, 15) is 0 Å². The molecule has 0 saturated carbocycles. The van der Waals surface area contributed by atoms with Crippen LogP contribution in [-0.4, -0.2) is 4.98 Å². The van der Waals surface area contributed by atoms with Crippen molar-refractivity contribution >= 4 is 22.1 Å². The van der Waals surface area contributed by atoms with Crippen LogP contribution in [0.1, 0.15) is 18.1 Å². The normalized spacial score (nSPS) is 11.4. The van der Waals surface area contributed by atoms with E-state index in [1.807, 2.05) is 18.3 Å². The van der Waals surface area contributed by atoms with Gasteiger partial charge in [-0.15, -0.1) is 0 Å². The molecule has 0 aliphatic carbocycles. The molecule has 3 nitrogen and oxygen atoms in total. The Morgan fingerprint density at radius 1 is 1.13 bits per heavy atom. The van der Waals surface area contributed by atoms with Gasteiger partial charge in [-0.3, -0.25) is 4.98 Å². The Labute approximate surface area is 135 Å². The van der Waals surface area contributed by atoms with E-state index in [1.165, 1.54) is 11.1 Å². The minimum atomic E-state index is 0.835. The first-order valence-corrected chi connectivity index (χ1v) is 7.95. The van der Waals surface area contributed by atoms with Gasteiger partial charge < -0.3 is 4.42 Å². The third-order valence-corrected chi connectivity index (χ3v) is 4.46. The molecule has 0 spiro atoms. The summed E-state index contributed by atoms with van der Waals surface area (Å²) in [5.74, 6) is 0. The molecule has 1 aromatic carbocycles. The first kappa shape index (κ1) is 13.9. The lowest BCUT2D eigenvalue weighted by Crippen LogP contribution is -2.31. The van der Waals surface area contributed by atoms with Gasteiger partial charge in [-0.25, -0.2) is 4.57 Å². The van der Waals surface area contributed by atoms with Gasteiger partial charge in [-0.1, -0.05) is 13.0 Å². The van der Waals surface area contributed by atoms with Gasteiger partial charge in [-0.2, -0.15) is 0 Å². The van der Waals surface area contributed by atoms with Crippen LogP contribution in [-0.2, 0) is 13.5 Å². The molecule has 23 heavy (non-hydrogen) atoms. The van der Waals surface area contributed by atoms with E-state index in [0.29, 0.717) is 0 Å². The number of hydrogen-bond donors (Lipinski definition) is 0. The summed E-state index contributed by atoms with van der Waals surface area (Å²) in [5.41, 5.74) is 7.51. The third kappa shape index (κ3) is 2.12. The van der Waals surface area contributed by atoms with Crippen LogP contribution in [0.15, 0.2) is 53.2 Å². The summed E-state index contributed by atoms with van der Waals surface area (Å²) in [4.78, 5) is 4.48. The topological polar surface area (TPSA) is 29.9 Å². The van der Waals surface area contributed by atoms with Crippen molar-refractivity contribution < 1.29 is 8.98 Å². The van der Waals surface area contributed by atoms with Crippen LogP contribution in [0.3, 0.4) is 0 Å². The van der Waals surface area contributed by atoms with Crippen LogP contribution in [0.25, 0.3) is 33.3 Å². The number of nitrogens with zero attached hydrogens (tertiary/aromatic N) is 2. The summed E-state index contributed by atoms with van der Waals surface area (Å²) in [6.45, 7) is 4.30. The van der Waals surface area contributed by atoms with E-state index in [1.54, 1.807) is 0 Å². The highest BCUT2D eigenvalue weighted by Crippen LogP contribution is 2.35. The largest absolute Gasteiger partial charge is 0.453 e. The molecule has 0 saturated heterocycles. The average molecular weight is 303 g/mol. The number of aryl methyl sites for hydroxylation is 3. The third-order valence-electron chi connectivity index (χ3n) is 4.46. The minimum Gasteiger partial charge on any atom is -0.453 e. The van der Waals surface area contributed by atoms with Gasteiger partial charge >= 0.3 is 0 Å². The molecule has 0 N–H and O–H groups in total. The molecule has 0 fully saturated rings. The van der Waals surface area contributed by atoms with Crippen molar-refractivity contribution in [3.8, 4) is 11.3 Å². The van der Waals surface area contributed by atoms with Gasteiger partial charge in [0.15, 0.2) is 17.4 Å². The van der Waals surface area contributed by atoms with Crippen LogP contribution in [0.5, 0.6) is 0 Å². The minimum absolute atomic E-state index is 0.835. The summed E-state index contributed by atoms with van der Waals surface area (Å²) in [6.07, 6.45) is 5.03. The molecule has 3 heteroatoms. The molecule has 4 rings (SSSR count). The molecule has 0 amide bonds. The van der Waals surface area contributed by atoms with E-state index in [2.05, 4.69) is 60.9 Å². The highest BCUT2D eigenvalue weighted by molar-refractivity contribution is 6.07. The van der Waals surface area contributed by atoms with E-state index in [4.69, 9.17) is 4.42 Å². The van der Waals surface area contributed by atoms with E-state index >= 15 is 0 Å². The van der Waals surface area contributed by atoms with Gasteiger partial charge in [0.05, 0.1) is 5.56 Å². The monoisotopic (exact) mass is 303 g/mol. The first-order chi connectivity index (χ1) is 11.2. The fourth-order valence-electron chi connectivity index (χ4n) is 3.21. The summed E-state index contributed by atoms with van der Waals surface area (Å²) in [7, 11) is 2.09. The molecule has 0 aliphatic rings. The van der Waals surface area contributed by atoms with Crippen molar-refractivity contribution in [2.45, 2.75) is 20.3 Å². The highest BCUT2D eigenvalue weighted by atomic mass is 16.3. The van der Waals surface area contributed by atoms with Crippen LogP contribution in [0, 0.1) is 6.92 Å². The van der Waals surface area contributed by atoms with Crippen LogP contribution in [0.4, 0.5) is 0 Å². The summed E-state index contributed by atoms with van der Waals surface area (Å²) < 4.78 is 8.34. The zero-order valence-corrected chi connectivity index (χ0v) is 13.6. The van der Waals surface area contributed by atoms with Gasteiger partial charge in [0.2, 0.25) is 5.69 Å². The molecule has 3 heterocycles. The molecular formula is C20H19N2O+. The molecular weight excluding hydrogens is 284 g/mol. The van der Waals surface area contributed by atoms with Crippen LogP contribution < -0.4 is 4.57 Å². The number of pyridine rings is 2. The lowest BCUT2D eigenvalue weighted by Gasteiger charge is -2.06. The quantitative estimate of drug-likeness (QED) is 0.515. The molecule has 4 aromatic rings. The SMILES string of the molecule is CCc1ccc(-c2c(C)ccc3c2oc2cccnc23)[n+](C)c1. The smallest absolute Gasteiger partial charge is 0.216 e. The van der Waals surface area contributed by atoms with Crippen molar-refractivity contribution in [2.75, 3.05) is 0 Å². The highest BCUT2D eigenvalue weighted by Gasteiger charge is 2.20. The average Bonchev–Trinajstić information content (AvgIpc) is 2.94. The van der Waals surface area contributed by atoms with E-state index in [0.717, 1.165) is 39.7 Å². The fraction of sp³-hybridized carbons (Fsp3) is 0.200. The maximum absolute atomic E-state index is 6.15. The Bertz CT molecular complexity index is 1030. The lowest BCUT2D eigenvalue weighted by molar-refractivity contribution is -0.660. The molecule has 3 aromatic heterocycles. The molecule has 114 valence electrons. The second-order valence-corrected chi connectivity index (χ2v) is 5.97. The predicted octanol–water partition coefficient (Wildman–Crippen LogP) is 4.34. The van der Waals surface area contributed by atoms with E-state index in [-0.39, 0.29) is 0 Å². The van der Waals surface area contributed by atoms with Crippen molar-refractivity contribution in [1.82, 2.24) is 4.98 Å². The van der Waals surface area contributed by atoms with Crippen molar-refractivity contribution in [1.29, 1.82) is 0 Å². The molecule has 0 bridgehead atoms. The Hall–Kier alpha value is -2.68. The first-order valence-electron chi connectivity index (χ1n) is 7.95. The van der Waals surface area contributed by atoms with Crippen LogP contribution >= 0.6 is 0 Å². The maximum atomic E-state index is 6.15. The Kier molecular flexibility index (Phi) is 3.15. The second kappa shape index (κ2) is 5.20. The number of hydrogen-bond acceptors (Lipinski definition) is 2. The predicted molar refractivity (Wildman–Crippen MR) is 92.2 cm³/mol. The standard InChI is InChI=1S/C20H19N2O/c1-4-14-8-10-16(22(3)12-14)18-13(2)7-9-15-19-17(23-20(15)18)6-5-11-21-19/h5-12H,4H2,1-3H3/q+1. The molecule has 0 radical (unpaired) electrons. The van der Waals surface area contributed by atoms with Gasteiger partial charge in [0.25, 0.3) is 0 Å². The molecule has 0 atom stereocenters. The fourth-order valence-corrected chi connectivity index (χ4v) is 3.21. The number of rotatable bonds is 2.